The highest BCUT2D eigenvalue weighted by Gasteiger charge is 2.47. The first-order valence-corrected chi connectivity index (χ1v) is 11.3. The summed E-state index contributed by atoms with van der Waals surface area (Å²) in [6.07, 6.45) is 0. The van der Waals surface area contributed by atoms with E-state index in [1.165, 1.54) is 0 Å². The van der Waals surface area contributed by atoms with Crippen molar-refractivity contribution >= 4 is 22.7 Å². The fraction of sp³-hybridized carbons (Fsp3) is 0.370. The number of aromatic nitrogens is 1. The number of benzene rings is 2. The Bertz CT molecular complexity index is 1250. The minimum atomic E-state index is -1.25. The molecule has 1 aromatic heterocycles. The molecular weight excluding hydrogens is 430 g/mol. The maximum absolute atomic E-state index is 14.2. The zero-order valence-corrected chi connectivity index (χ0v) is 20.6. The Kier molecular flexibility index (Phi) is 5.98. The van der Waals surface area contributed by atoms with E-state index in [9.17, 15) is 9.59 Å². The number of carbonyl (C=O) groups excluding carboxylic acids is 2. The van der Waals surface area contributed by atoms with Crippen molar-refractivity contribution in [3.05, 3.63) is 65.4 Å². The van der Waals surface area contributed by atoms with Gasteiger partial charge in [0.05, 0.1) is 23.9 Å². The Labute approximate surface area is 200 Å². The predicted molar refractivity (Wildman–Crippen MR) is 131 cm³/mol. The van der Waals surface area contributed by atoms with Crippen LogP contribution in [-0.4, -0.2) is 46.5 Å². The number of para-hydroxylation sites is 1. The van der Waals surface area contributed by atoms with Gasteiger partial charge in [-0.1, -0.05) is 30.3 Å². The number of hydrogen-bond acceptors (Lipinski definition) is 5. The smallest absolute Gasteiger partial charge is 0.259 e. The van der Waals surface area contributed by atoms with Crippen LogP contribution in [0.25, 0.3) is 10.9 Å². The van der Waals surface area contributed by atoms with Crippen molar-refractivity contribution in [2.75, 3.05) is 13.7 Å². The third-order valence-corrected chi connectivity index (χ3v) is 6.05. The number of ether oxygens (including phenoxy) is 2. The molecule has 34 heavy (non-hydrogen) atoms. The molecule has 0 spiro atoms. The highest BCUT2D eigenvalue weighted by Crippen LogP contribution is 2.37. The molecule has 2 heterocycles. The summed E-state index contributed by atoms with van der Waals surface area (Å²) in [6.45, 7) is 9.56. The van der Waals surface area contributed by atoms with Gasteiger partial charge in [0.15, 0.2) is 11.3 Å². The summed E-state index contributed by atoms with van der Waals surface area (Å²) in [5.74, 6) is 0.609. The number of rotatable bonds is 4. The van der Waals surface area contributed by atoms with Crippen molar-refractivity contribution in [1.29, 1.82) is 0 Å². The lowest BCUT2D eigenvalue weighted by atomic mass is 9.95. The summed E-state index contributed by atoms with van der Waals surface area (Å²) in [4.78, 5) is 34.1. The Morgan fingerprint density at radius 1 is 1.18 bits per heavy atom. The molecule has 1 unspecified atom stereocenters. The van der Waals surface area contributed by atoms with Crippen LogP contribution >= 0.6 is 0 Å². The Hall–Kier alpha value is -3.61. The molecule has 3 aromatic rings. The van der Waals surface area contributed by atoms with E-state index in [1.54, 1.807) is 18.9 Å². The first-order chi connectivity index (χ1) is 16.0. The lowest BCUT2D eigenvalue weighted by Crippen LogP contribution is -2.63. The number of nitrogens with one attached hydrogen (secondary N) is 1. The maximum atomic E-state index is 14.2. The lowest BCUT2D eigenvalue weighted by Gasteiger charge is -2.39. The third kappa shape index (κ3) is 4.30. The highest BCUT2D eigenvalue weighted by atomic mass is 16.5. The predicted octanol–water partition coefficient (Wildman–Crippen LogP) is 4.26. The summed E-state index contributed by atoms with van der Waals surface area (Å²) in [6, 6.07) is 15.0. The standard InChI is InChI=1S/C27H31N3O4/c1-17-23-22(20-9-7-8-10-21(20)28-17)24(31)30(15-18-11-13-19(33-6)14-12-18)27(5,16-34-23)25(32)29-26(2,3)4/h7-14H,15-16H2,1-6H3,(H,29,32). The number of nitrogens with zero attached hydrogens (tertiary/aromatic N) is 2. The maximum Gasteiger partial charge on any atom is 0.259 e. The van der Waals surface area contributed by atoms with Crippen molar-refractivity contribution in [2.24, 2.45) is 0 Å². The third-order valence-electron chi connectivity index (χ3n) is 6.05. The van der Waals surface area contributed by atoms with Crippen molar-refractivity contribution in [1.82, 2.24) is 15.2 Å². The van der Waals surface area contributed by atoms with E-state index in [2.05, 4.69) is 10.3 Å². The lowest BCUT2D eigenvalue weighted by molar-refractivity contribution is -0.134. The second kappa shape index (κ2) is 8.63. The molecule has 0 aliphatic carbocycles. The van der Waals surface area contributed by atoms with Gasteiger partial charge in [0.1, 0.15) is 12.4 Å². The van der Waals surface area contributed by atoms with Gasteiger partial charge in [-0.25, -0.2) is 4.98 Å². The molecule has 2 amide bonds. The second-order valence-electron chi connectivity index (χ2n) is 9.92. The minimum absolute atomic E-state index is 0.00463. The second-order valence-corrected chi connectivity index (χ2v) is 9.92. The monoisotopic (exact) mass is 461 g/mol. The molecule has 0 saturated heterocycles. The van der Waals surface area contributed by atoms with Crippen molar-refractivity contribution in [3.8, 4) is 11.5 Å². The van der Waals surface area contributed by atoms with E-state index in [0.29, 0.717) is 27.9 Å². The van der Waals surface area contributed by atoms with Crippen LogP contribution in [0.2, 0.25) is 0 Å². The van der Waals surface area contributed by atoms with Crippen molar-refractivity contribution in [2.45, 2.75) is 52.2 Å². The summed E-state index contributed by atoms with van der Waals surface area (Å²) in [5.41, 5.74) is 0.913. The Morgan fingerprint density at radius 3 is 2.50 bits per heavy atom. The van der Waals surface area contributed by atoms with E-state index >= 15 is 0 Å². The first kappa shape index (κ1) is 23.5. The number of hydrogen-bond donors (Lipinski definition) is 1. The zero-order valence-electron chi connectivity index (χ0n) is 20.6. The molecular formula is C27H31N3O4. The van der Waals surface area contributed by atoms with Crippen LogP contribution in [0, 0.1) is 6.92 Å². The topological polar surface area (TPSA) is 80.8 Å². The number of aryl methyl sites for hydroxylation is 1. The molecule has 7 nitrogen and oxygen atoms in total. The Balaban J connectivity index is 1.87. The minimum Gasteiger partial charge on any atom is -0.497 e. The molecule has 0 saturated carbocycles. The largest absolute Gasteiger partial charge is 0.497 e. The number of carbonyl (C=O) groups is 2. The van der Waals surface area contributed by atoms with Gasteiger partial charge in [0, 0.05) is 17.5 Å². The average molecular weight is 462 g/mol. The van der Waals surface area contributed by atoms with E-state index < -0.39 is 11.1 Å². The van der Waals surface area contributed by atoms with Gasteiger partial charge in [-0.2, -0.15) is 0 Å². The molecule has 2 aromatic carbocycles. The van der Waals surface area contributed by atoms with Crippen LogP contribution in [0.15, 0.2) is 48.5 Å². The molecule has 1 aliphatic rings. The van der Waals surface area contributed by atoms with E-state index in [1.807, 2.05) is 76.2 Å². The quantitative estimate of drug-likeness (QED) is 0.628. The summed E-state index contributed by atoms with van der Waals surface area (Å²) < 4.78 is 11.5. The molecule has 178 valence electrons. The SMILES string of the molecule is COc1ccc(CN2C(=O)c3c(c(C)nc4ccccc34)OCC2(C)C(=O)NC(C)(C)C)cc1. The average Bonchev–Trinajstić information content (AvgIpc) is 2.90. The Morgan fingerprint density at radius 2 is 1.85 bits per heavy atom. The van der Waals surface area contributed by atoms with Crippen molar-refractivity contribution in [3.63, 3.8) is 0 Å². The zero-order chi connectivity index (χ0) is 24.7. The molecule has 1 aliphatic heterocycles. The number of methoxy groups -OCH3 is 1. The first-order valence-electron chi connectivity index (χ1n) is 11.3. The summed E-state index contributed by atoms with van der Waals surface area (Å²) >= 11 is 0. The molecule has 0 fully saturated rings. The summed E-state index contributed by atoms with van der Waals surface area (Å²) in [7, 11) is 1.61. The highest BCUT2D eigenvalue weighted by molar-refractivity contribution is 6.11. The number of amides is 2. The van der Waals surface area contributed by atoms with Crippen LogP contribution in [-0.2, 0) is 11.3 Å². The van der Waals surface area contributed by atoms with E-state index in [4.69, 9.17) is 9.47 Å². The molecule has 7 heteroatoms. The normalized spacial score (nSPS) is 18.2. The number of fused-ring (bicyclic) bond motifs is 3. The van der Waals surface area contributed by atoms with Gasteiger partial charge in [0.25, 0.3) is 5.91 Å². The molecule has 1 N–H and O–H groups in total. The fourth-order valence-electron chi connectivity index (χ4n) is 4.18. The van der Waals surface area contributed by atoms with Gasteiger partial charge < -0.3 is 19.7 Å². The van der Waals surface area contributed by atoms with Gasteiger partial charge in [0.2, 0.25) is 5.91 Å². The molecule has 4 rings (SSSR count). The van der Waals surface area contributed by atoms with Gasteiger partial charge in [-0.05, 0) is 58.4 Å². The fourth-order valence-corrected chi connectivity index (χ4v) is 4.18. The van der Waals surface area contributed by atoms with Crippen LogP contribution in [0.5, 0.6) is 11.5 Å². The van der Waals surface area contributed by atoms with Crippen LogP contribution < -0.4 is 14.8 Å². The van der Waals surface area contributed by atoms with Crippen LogP contribution in [0.4, 0.5) is 0 Å². The molecule has 0 radical (unpaired) electrons. The van der Waals surface area contributed by atoms with E-state index in [0.717, 1.165) is 11.3 Å². The van der Waals surface area contributed by atoms with Crippen molar-refractivity contribution < 1.29 is 19.1 Å². The number of pyridine rings is 1. The molecule has 1 atom stereocenters. The van der Waals surface area contributed by atoms with Gasteiger partial charge in [-0.15, -0.1) is 0 Å². The van der Waals surface area contributed by atoms with Crippen LogP contribution in [0.1, 0.15) is 49.3 Å². The van der Waals surface area contributed by atoms with Gasteiger partial charge in [-0.3, -0.25) is 9.59 Å². The van der Waals surface area contributed by atoms with Gasteiger partial charge >= 0.3 is 0 Å². The summed E-state index contributed by atoms with van der Waals surface area (Å²) in [5, 5.41) is 3.74. The molecule has 0 bridgehead atoms. The van der Waals surface area contributed by atoms with Crippen LogP contribution in [0.3, 0.4) is 0 Å². The van der Waals surface area contributed by atoms with E-state index in [-0.39, 0.29) is 25.0 Å².